The van der Waals surface area contributed by atoms with E-state index in [-0.39, 0.29) is 5.91 Å². The molecule has 27 heavy (non-hydrogen) atoms. The number of carbonyl (C=O) groups is 1. The van der Waals surface area contributed by atoms with E-state index in [9.17, 15) is 4.79 Å². The number of piperazine rings is 1. The van der Waals surface area contributed by atoms with E-state index < -0.39 is 0 Å². The van der Waals surface area contributed by atoms with E-state index in [4.69, 9.17) is 4.74 Å². The highest BCUT2D eigenvalue weighted by Crippen LogP contribution is 2.18. The van der Waals surface area contributed by atoms with Crippen LogP contribution in [-0.4, -0.2) is 60.1 Å². The number of ether oxygens (including phenoxy) is 1. The topological polar surface area (TPSA) is 70.6 Å². The van der Waals surface area contributed by atoms with Gasteiger partial charge >= 0.3 is 0 Å². The summed E-state index contributed by atoms with van der Waals surface area (Å²) in [7, 11) is 0. The van der Waals surface area contributed by atoms with Crippen LogP contribution < -0.4 is 15.0 Å². The first-order valence-corrected chi connectivity index (χ1v) is 9.46. The molecule has 3 rings (SSSR count). The second kappa shape index (κ2) is 8.81. The SMILES string of the molecule is CCOc1ccc(NC(=O)c2cc(C)nc(N3CCN(CC)CC3)n2)cc1. The van der Waals surface area contributed by atoms with Crippen molar-refractivity contribution in [2.24, 2.45) is 0 Å². The van der Waals surface area contributed by atoms with E-state index >= 15 is 0 Å². The molecular formula is C20H27N5O2. The molecule has 1 aliphatic rings. The van der Waals surface area contributed by atoms with Crippen LogP contribution in [0.5, 0.6) is 5.75 Å². The zero-order valence-electron chi connectivity index (χ0n) is 16.2. The number of nitrogens with one attached hydrogen (secondary N) is 1. The van der Waals surface area contributed by atoms with Crippen molar-refractivity contribution in [2.45, 2.75) is 20.8 Å². The van der Waals surface area contributed by atoms with Crippen molar-refractivity contribution in [1.29, 1.82) is 0 Å². The third-order valence-corrected chi connectivity index (χ3v) is 4.60. The number of rotatable bonds is 6. The van der Waals surface area contributed by atoms with Crippen molar-refractivity contribution < 1.29 is 9.53 Å². The molecule has 0 radical (unpaired) electrons. The molecule has 1 amide bonds. The minimum absolute atomic E-state index is 0.238. The lowest BCUT2D eigenvalue weighted by Gasteiger charge is -2.34. The van der Waals surface area contributed by atoms with E-state index in [0.717, 1.165) is 44.2 Å². The van der Waals surface area contributed by atoms with Gasteiger partial charge in [0.15, 0.2) is 0 Å². The van der Waals surface area contributed by atoms with Gasteiger partial charge < -0.3 is 19.9 Å². The summed E-state index contributed by atoms with van der Waals surface area (Å²) < 4.78 is 5.42. The minimum atomic E-state index is -0.238. The van der Waals surface area contributed by atoms with Crippen LogP contribution >= 0.6 is 0 Å². The predicted octanol–water partition coefficient (Wildman–Crippen LogP) is 2.58. The molecule has 0 unspecified atom stereocenters. The van der Waals surface area contributed by atoms with Gasteiger partial charge in [0.25, 0.3) is 5.91 Å². The smallest absolute Gasteiger partial charge is 0.274 e. The van der Waals surface area contributed by atoms with Crippen LogP contribution in [0.15, 0.2) is 30.3 Å². The maximum Gasteiger partial charge on any atom is 0.274 e. The van der Waals surface area contributed by atoms with Gasteiger partial charge in [-0.1, -0.05) is 6.92 Å². The summed E-state index contributed by atoms with van der Waals surface area (Å²) in [6, 6.07) is 9.03. The summed E-state index contributed by atoms with van der Waals surface area (Å²) in [4.78, 5) is 26.2. The van der Waals surface area contributed by atoms with Gasteiger partial charge in [0.1, 0.15) is 11.4 Å². The molecular weight excluding hydrogens is 342 g/mol. The zero-order valence-corrected chi connectivity index (χ0v) is 16.2. The summed E-state index contributed by atoms with van der Waals surface area (Å²) in [6.45, 7) is 11.4. The number of hydrogen-bond donors (Lipinski definition) is 1. The van der Waals surface area contributed by atoms with Crippen LogP contribution in [0.2, 0.25) is 0 Å². The van der Waals surface area contributed by atoms with Gasteiger partial charge in [-0.05, 0) is 50.7 Å². The number of amides is 1. The molecule has 2 aromatic rings. The first-order chi connectivity index (χ1) is 13.1. The number of aryl methyl sites for hydroxylation is 1. The highest BCUT2D eigenvalue weighted by molar-refractivity contribution is 6.03. The van der Waals surface area contributed by atoms with Crippen LogP contribution in [0, 0.1) is 6.92 Å². The van der Waals surface area contributed by atoms with Crippen molar-refractivity contribution in [3.8, 4) is 5.75 Å². The molecule has 1 aliphatic heterocycles. The Morgan fingerprint density at radius 1 is 1.11 bits per heavy atom. The normalized spacial score (nSPS) is 14.9. The number of nitrogens with zero attached hydrogens (tertiary/aromatic N) is 4. The third kappa shape index (κ3) is 4.95. The fraction of sp³-hybridized carbons (Fsp3) is 0.450. The zero-order chi connectivity index (χ0) is 19.2. The van der Waals surface area contributed by atoms with Gasteiger partial charge in [-0.25, -0.2) is 9.97 Å². The average molecular weight is 369 g/mol. The molecule has 1 aromatic heterocycles. The molecule has 0 bridgehead atoms. The Balaban J connectivity index is 1.70. The van der Waals surface area contributed by atoms with Gasteiger partial charge in [0.2, 0.25) is 5.95 Å². The molecule has 0 saturated carbocycles. The Hall–Kier alpha value is -2.67. The summed E-state index contributed by atoms with van der Waals surface area (Å²) in [6.07, 6.45) is 0. The monoisotopic (exact) mass is 369 g/mol. The Kier molecular flexibility index (Phi) is 6.24. The second-order valence-electron chi connectivity index (χ2n) is 6.53. The van der Waals surface area contributed by atoms with Gasteiger partial charge in [0.05, 0.1) is 6.61 Å². The van der Waals surface area contributed by atoms with E-state index in [2.05, 4.69) is 32.0 Å². The molecule has 144 valence electrons. The number of benzene rings is 1. The lowest BCUT2D eigenvalue weighted by atomic mass is 10.2. The van der Waals surface area contributed by atoms with Gasteiger partial charge in [-0.3, -0.25) is 4.79 Å². The summed E-state index contributed by atoms with van der Waals surface area (Å²) in [5, 5.41) is 2.89. The van der Waals surface area contributed by atoms with Gasteiger partial charge in [0, 0.05) is 37.6 Å². The van der Waals surface area contributed by atoms with Crippen molar-refractivity contribution in [3.63, 3.8) is 0 Å². The Morgan fingerprint density at radius 2 is 1.81 bits per heavy atom. The molecule has 1 N–H and O–H groups in total. The van der Waals surface area contributed by atoms with E-state index in [1.165, 1.54) is 0 Å². The molecule has 0 aliphatic carbocycles. The lowest BCUT2D eigenvalue weighted by Crippen LogP contribution is -2.47. The third-order valence-electron chi connectivity index (χ3n) is 4.60. The number of aromatic nitrogens is 2. The molecule has 0 spiro atoms. The molecule has 7 nitrogen and oxygen atoms in total. The largest absolute Gasteiger partial charge is 0.494 e. The first kappa shape index (κ1) is 19.1. The highest BCUT2D eigenvalue weighted by Gasteiger charge is 2.20. The molecule has 0 atom stereocenters. The minimum Gasteiger partial charge on any atom is -0.494 e. The Bertz CT molecular complexity index is 770. The van der Waals surface area contributed by atoms with Crippen LogP contribution in [0.3, 0.4) is 0 Å². The van der Waals surface area contributed by atoms with Crippen molar-refractivity contribution >= 4 is 17.5 Å². The van der Waals surface area contributed by atoms with Crippen LogP contribution in [-0.2, 0) is 0 Å². The standard InChI is InChI=1S/C20H27N5O2/c1-4-24-10-12-25(13-11-24)20-21-15(3)14-18(23-20)19(26)22-16-6-8-17(9-7-16)27-5-2/h6-9,14H,4-5,10-13H2,1-3H3,(H,22,26). The van der Waals surface area contributed by atoms with Crippen molar-refractivity contribution in [3.05, 3.63) is 41.7 Å². The number of carbonyl (C=O) groups excluding carboxylic acids is 1. The maximum absolute atomic E-state index is 12.7. The van der Waals surface area contributed by atoms with Crippen molar-refractivity contribution in [2.75, 3.05) is 49.5 Å². The highest BCUT2D eigenvalue weighted by atomic mass is 16.5. The van der Waals surface area contributed by atoms with E-state index in [0.29, 0.717) is 23.9 Å². The van der Waals surface area contributed by atoms with Crippen LogP contribution in [0.25, 0.3) is 0 Å². The fourth-order valence-corrected chi connectivity index (χ4v) is 3.07. The van der Waals surface area contributed by atoms with Crippen LogP contribution in [0.1, 0.15) is 30.0 Å². The Labute approximate surface area is 160 Å². The molecule has 1 fully saturated rings. The maximum atomic E-state index is 12.7. The average Bonchev–Trinajstić information content (AvgIpc) is 2.69. The lowest BCUT2D eigenvalue weighted by molar-refractivity contribution is 0.102. The predicted molar refractivity (Wildman–Crippen MR) is 107 cm³/mol. The van der Waals surface area contributed by atoms with Crippen molar-refractivity contribution in [1.82, 2.24) is 14.9 Å². The molecule has 7 heteroatoms. The molecule has 1 aromatic carbocycles. The van der Waals surface area contributed by atoms with Gasteiger partial charge in [-0.15, -0.1) is 0 Å². The molecule has 2 heterocycles. The molecule has 1 saturated heterocycles. The number of anilines is 2. The Morgan fingerprint density at radius 3 is 2.44 bits per heavy atom. The summed E-state index contributed by atoms with van der Waals surface area (Å²) in [5.74, 6) is 1.17. The van der Waals surface area contributed by atoms with E-state index in [1.54, 1.807) is 6.07 Å². The fourth-order valence-electron chi connectivity index (χ4n) is 3.07. The number of likely N-dealkylation sites (N-methyl/N-ethyl adjacent to an activating group) is 1. The summed E-state index contributed by atoms with van der Waals surface area (Å²) in [5.41, 5.74) is 1.87. The second-order valence-corrected chi connectivity index (χ2v) is 6.53. The van der Waals surface area contributed by atoms with Crippen LogP contribution in [0.4, 0.5) is 11.6 Å². The quantitative estimate of drug-likeness (QED) is 0.844. The first-order valence-electron chi connectivity index (χ1n) is 9.46. The van der Waals surface area contributed by atoms with Gasteiger partial charge in [-0.2, -0.15) is 0 Å². The summed E-state index contributed by atoms with van der Waals surface area (Å²) >= 11 is 0. The number of hydrogen-bond acceptors (Lipinski definition) is 6. The van der Waals surface area contributed by atoms with E-state index in [1.807, 2.05) is 38.1 Å².